The van der Waals surface area contributed by atoms with Crippen LogP contribution < -0.4 is 11.1 Å². The first-order chi connectivity index (χ1) is 5.49. The van der Waals surface area contributed by atoms with Crippen LogP contribution in [0.2, 0.25) is 0 Å². The zero-order chi connectivity index (χ0) is 9.72. The highest BCUT2D eigenvalue weighted by molar-refractivity contribution is 5.85. The Balaban J connectivity index is 3.92. The molecular weight excluding hydrogens is 160 g/mol. The fraction of sp³-hybridized carbons (Fsp3) is 0.714. The molecule has 0 aliphatic heterocycles. The number of carbonyl (C=O) groups excluding carboxylic acids is 2. The van der Waals surface area contributed by atoms with Gasteiger partial charge in [-0.3, -0.25) is 4.79 Å². The molecule has 0 aromatic heterocycles. The van der Waals surface area contributed by atoms with E-state index in [0.29, 0.717) is 0 Å². The molecule has 0 aromatic rings. The number of methoxy groups -OCH3 is 1. The van der Waals surface area contributed by atoms with Crippen molar-refractivity contribution in [3.63, 3.8) is 0 Å². The van der Waals surface area contributed by atoms with Crippen LogP contribution >= 0.6 is 0 Å². The van der Waals surface area contributed by atoms with Crippen molar-refractivity contribution in [2.45, 2.75) is 25.9 Å². The molecule has 0 saturated carbocycles. The summed E-state index contributed by atoms with van der Waals surface area (Å²) < 4.78 is 4.42. The predicted octanol–water partition coefficient (Wildman–Crippen LogP) is -1.71. The summed E-state index contributed by atoms with van der Waals surface area (Å²) in [5.74, 6) is -0.711. The second-order valence-electron chi connectivity index (χ2n) is 2.65. The summed E-state index contributed by atoms with van der Waals surface area (Å²) in [6.45, 7) is 3.21. The van der Waals surface area contributed by atoms with Crippen LogP contribution in [0.15, 0.2) is 0 Å². The third kappa shape index (κ3) is 3.34. The highest BCUT2D eigenvalue weighted by Gasteiger charge is 2.18. The Morgan fingerprint density at radius 3 is 2.25 bits per heavy atom. The number of amides is 1. The number of nitrogens with one attached hydrogen (secondary N) is 1. The van der Waals surface area contributed by atoms with E-state index in [4.69, 9.17) is 0 Å². The van der Waals surface area contributed by atoms with Gasteiger partial charge in [-0.15, -0.1) is 0 Å². The zero-order valence-electron chi connectivity index (χ0n) is 7.59. The van der Waals surface area contributed by atoms with E-state index >= 15 is 0 Å². The van der Waals surface area contributed by atoms with Gasteiger partial charge in [0, 0.05) is 0 Å². The Bertz CT molecular complexity index is 179. The van der Waals surface area contributed by atoms with Crippen LogP contribution in [0.25, 0.3) is 0 Å². The highest BCUT2D eigenvalue weighted by Crippen LogP contribution is 1.86. The number of hydrogen-bond acceptors (Lipinski definition) is 3. The lowest BCUT2D eigenvalue weighted by atomic mass is 10.3. The Hall–Kier alpha value is -1.10. The first-order valence-electron chi connectivity index (χ1n) is 3.70. The molecule has 2 atom stereocenters. The summed E-state index contributed by atoms with van der Waals surface area (Å²) >= 11 is 0. The molecule has 0 saturated heterocycles. The summed E-state index contributed by atoms with van der Waals surface area (Å²) in [5.41, 5.74) is 3.51. The molecule has 0 rings (SSSR count). The van der Waals surface area contributed by atoms with E-state index in [9.17, 15) is 9.59 Å². The van der Waals surface area contributed by atoms with E-state index in [1.165, 1.54) is 7.11 Å². The van der Waals surface area contributed by atoms with Crippen molar-refractivity contribution >= 4 is 11.9 Å². The Morgan fingerprint density at radius 1 is 1.42 bits per heavy atom. The Kier molecular flexibility index (Phi) is 4.28. The topological polar surface area (TPSA) is 83.0 Å². The van der Waals surface area contributed by atoms with Crippen LogP contribution in [0.5, 0.6) is 0 Å². The van der Waals surface area contributed by atoms with Crippen molar-refractivity contribution in [1.82, 2.24) is 5.32 Å². The molecule has 0 fully saturated rings. The first-order valence-corrected chi connectivity index (χ1v) is 3.70. The molecule has 12 heavy (non-hydrogen) atoms. The molecule has 0 aliphatic carbocycles. The molecule has 0 radical (unpaired) electrons. The lowest BCUT2D eigenvalue weighted by Gasteiger charge is -2.11. The second kappa shape index (κ2) is 4.71. The van der Waals surface area contributed by atoms with Gasteiger partial charge < -0.3 is 15.8 Å². The second-order valence-corrected chi connectivity index (χ2v) is 2.65. The van der Waals surface area contributed by atoms with E-state index in [2.05, 4.69) is 15.8 Å². The molecule has 5 nitrogen and oxygen atoms in total. The zero-order valence-corrected chi connectivity index (χ0v) is 7.59. The van der Waals surface area contributed by atoms with Crippen molar-refractivity contribution in [1.29, 1.82) is 0 Å². The van der Waals surface area contributed by atoms with Crippen LogP contribution in [0.4, 0.5) is 0 Å². The predicted molar refractivity (Wildman–Crippen MR) is 42.0 cm³/mol. The Morgan fingerprint density at radius 2 is 1.92 bits per heavy atom. The summed E-state index contributed by atoms with van der Waals surface area (Å²) in [7, 11) is 1.28. The van der Waals surface area contributed by atoms with Gasteiger partial charge in [0.05, 0.1) is 7.11 Å². The average Bonchev–Trinajstić information content (AvgIpc) is 2.02. The fourth-order valence-electron chi connectivity index (χ4n) is 0.591. The number of hydrogen-bond donors (Lipinski definition) is 2. The molecule has 0 unspecified atom stereocenters. The quantitative estimate of drug-likeness (QED) is 0.501. The standard InChI is InChI=1S/C7H14N2O3/c1-4(8)6(10)9-5(2)7(11)12-3/h4-5H,8H2,1-3H3,(H,9,10)/p+1/t4-,5-/m1/s1. The fourth-order valence-corrected chi connectivity index (χ4v) is 0.591. The SMILES string of the molecule is COC(=O)[C@@H](C)NC(=O)[C@@H](C)[NH3+]. The minimum atomic E-state index is -0.605. The maximum atomic E-state index is 11.0. The molecule has 0 heterocycles. The molecule has 5 heteroatoms. The summed E-state index contributed by atoms with van der Waals surface area (Å²) in [6, 6.07) is -0.969. The number of quaternary nitrogens is 1. The van der Waals surface area contributed by atoms with Gasteiger partial charge in [-0.2, -0.15) is 0 Å². The van der Waals surface area contributed by atoms with E-state index in [-0.39, 0.29) is 11.9 Å². The number of esters is 1. The molecule has 0 bridgehead atoms. The van der Waals surface area contributed by atoms with Crippen LogP contribution in [0, 0.1) is 0 Å². The van der Waals surface area contributed by atoms with Gasteiger partial charge in [0.1, 0.15) is 6.04 Å². The van der Waals surface area contributed by atoms with E-state index in [1.807, 2.05) is 0 Å². The van der Waals surface area contributed by atoms with Crippen LogP contribution in [0.3, 0.4) is 0 Å². The van der Waals surface area contributed by atoms with Crippen LogP contribution in [-0.2, 0) is 14.3 Å². The molecule has 1 amide bonds. The highest BCUT2D eigenvalue weighted by atomic mass is 16.5. The van der Waals surface area contributed by atoms with Crippen molar-refractivity contribution in [3.8, 4) is 0 Å². The van der Waals surface area contributed by atoms with Gasteiger partial charge in [-0.1, -0.05) is 0 Å². The maximum absolute atomic E-state index is 11.0. The van der Waals surface area contributed by atoms with Crippen molar-refractivity contribution in [2.75, 3.05) is 7.11 Å². The molecule has 70 valence electrons. The largest absolute Gasteiger partial charge is 0.467 e. The molecule has 0 spiro atoms. The lowest BCUT2D eigenvalue weighted by Crippen LogP contribution is -2.66. The Labute approximate surface area is 71.3 Å². The van der Waals surface area contributed by atoms with Crippen LogP contribution in [0.1, 0.15) is 13.8 Å². The summed E-state index contributed by atoms with van der Waals surface area (Å²) in [4.78, 5) is 21.8. The molecular formula is C7H15N2O3+. The minimum absolute atomic E-state index is 0.257. The van der Waals surface area contributed by atoms with E-state index < -0.39 is 12.0 Å². The smallest absolute Gasteiger partial charge is 0.328 e. The molecule has 4 N–H and O–H groups in total. The van der Waals surface area contributed by atoms with Crippen LogP contribution in [-0.4, -0.2) is 31.1 Å². The van der Waals surface area contributed by atoms with Gasteiger partial charge in [-0.25, -0.2) is 4.79 Å². The normalized spacial score (nSPS) is 14.7. The van der Waals surface area contributed by atoms with Crippen molar-refractivity contribution in [2.24, 2.45) is 0 Å². The average molecular weight is 175 g/mol. The third-order valence-corrected chi connectivity index (χ3v) is 1.36. The van der Waals surface area contributed by atoms with E-state index in [1.54, 1.807) is 13.8 Å². The van der Waals surface area contributed by atoms with E-state index in [0.717, 1.165) is 0 Å². The molecule has 0 aromatic carbocycles. The van der Waals surface area contributed by atoms with Gasteiger partial charge >= 0.3 is 5.97 Å². The third-order valence-electron chi connectivity index (χ3n) is 1.36. The summed E-state index contributed by atoms with van der Waals surface area (Å²) in [6.07, 6.45) is 0. The maximum Gasteiger partial charge on any atom is 0.328 e. The number of carbonyl (C=O) groups is 2. The number of ether oxygens (including phenoxy) is 1. The van der Waals surface area contributed by atoms with Crippen molar-refractivity contribution in [3.05, 3.63) is 0 Å². The number of rotatable bonds is 3. The summed E-state index contributed by atoms with van der Waals surface area (Å²) in [5, 5.41) is 2.45. The minimum Gasteiger partial charge on any atom is -0.467 e. The lowest BCUT2D eigenvalue weighted by molar-refractivity contribution is -0.398. The van der Waals surface area contributed by atoms with Gasteiger partial charge in [-0.05, 0) is 13.8 Å². The van der Waals surface area contributed by atoms with Gasteiger partial charge in [0.25, 0.3) is 5.91 Å². The van der Waals surface area contributed by atoms with Gasteiger partial charge in [0.2, 0.25) is 0 Å². The molecule has 0 aliphatic rings. The van der Waals surface area contributed by atoms with Crippen molar-refractivity contribution < 1.29 is 20.1 Å². The monoisotopic (exact) mass is 175 g/mol. The van der Waals surface area contributed by atoms with Gasteiger partial charge in [0.15, 0.2) is 6.04 Å². The first kappa shape index (κ1) is 10.9.